The van der Waals surface area contributed by atoms with Gasteiger partial charge in [0.2, 0.25) is 0 Å². The van der Waals surface area contributed by atoms with E-state index in [0.717, 1.165) is 12.5 Å². The second kappa shape index (κ2) is 5.04. The fourth-order valence-electron chi connectivity index (χ4n) is 2.36. The molecule has 3 nitrogen and oxygen atoms in total. The highest BCUT2D eigenvalue weighted by atomic mass is 32.1. The number of nitrogens with one attached hydrogen (secondary N) is 1. The van der Waals surface area contributed by atoms with Crippen LogP contribution in [0.5, 0.6) is 0 Å². The van der Waals surface area contributed by atoms with Gasteiger partial charge < -0.3 is 10.4 Å². The van der Waals surface area contributed by atoms with E-state index in [0.29, 0.717) is 12.0 Å². The molecule has 1 heterocycles. The van der Waals surface area contributed by atoms with E-state index in [2.05, 4.69) is 10.3 Å². The topological polar surface area (TPSA) is 45.1 Å². The van der Waals surface area contributed by atoms with Crippen molar-refractivity contribution in [1.29, 1.82) is 0 Å². The van der Waals surface area contributed by atoms with Crippen LogP contribution in [0.15, 0.2) is 6.20 Å². The zero-order valence-corrected chi connectivity index (χ0v) is 10.9. The van der Waals surface area contributed by atoms with Gasteiger partial charge in [-0.15, -0.1) is 11.3 Å². The number of hydrogen-bond acceptors (Lipinski definition) is 4. The predicted octanol–water partition coefficient (Wildman–Crippen LogP) is 2.27. The number of hydrogen-bond donors (Lipinski definition) is 2. The molecule has 2 fully saturated rings. The monoisotopic (exact) mass is 252 g/mol. The molecule has 4 heteroatoms. The summed E-state index contributed by atoms with van der Waals surface area (Å²) in [6.07, 6.45) is 8.56. The van der Waals surface area contributed by atoms with Gasteiger partial charge in [-0.25, -0.2) is 4.98 Å². The maximum absolute atomic E-state index is 9.28. The molecule has 2 saturated carbocycles. The van der Waals surface area contributed by atoms with Crippen LogP contribution in [0.25, 0.3) is 0 Å². The van der Waals surface area contributed by atoms with Crippen molar-refractivity contribution in [1.82, 2.24) is 10.3 Å². The predicted molar refractivity (Wildman–Crippen MR) is 69.1 cm³/mol. The third kappa shape index (κ3) is 2.69. The molecule has 1 aromatic heterocycles. The Kier molecular flexibility index (Phi) is 3.45. The van der Waals surface area contributed by atoms with Crippen molar-refractivity contribution in [2.45, 2.75) is 50.6 Å². The third-order valence-electron chi connectivity index (χ3n) is 3.95. The molecule has 94 valence electrons. The molecule has 1 atom stereocenters. The van der Waals surface area contributed by atoms with Crippen LogP contribution in [0.4, 0.5) is 0 Å². The molecule has 0 spiro atoms. The molecule has 0 aromatic carbocycles. The Balaban J connectivity index is 1.51. The third-order valence-corrected chi connectivity index (χ3v) is 5.11. The maximum Gasteiger partial charge on any atom is 0.0959 e. The Labute approximate surface area is 106 Å². The lowest BCUT2D eigenvalue weighted by Gasteiger charge is -2.22. The summed E-state index contributed by atoms with van der Waals surface area (Å²) >= 11 is 1.85. The minimum absolute atomic E-state index is 0.263. The minimum atomic E-state index is 0.263. The first-order valence-corrected chi connectivity index (χ1v) is 7.47. The number of aliphatic hydroxyl groups excluding tert-OH is 1. The number of rotatable bonds is 6. The largest absolute Gasteiger partial charge is 0.395 e. The van der Waals surface area contributed by atoms with E-state index in [9.17, 15) is 5.11 Å². The van der Waals surface area contributed by atoms with E-state index in [4.69, 9.17) is 0 Å². The van der Waals surface area contributed by atoms with Crippen molar-refractivity contribution in [3.63, 3.8) is 0 Å². The van der Waals surface area contributed by atoms with Gasteiger partial charge in [-0.1, -0.05) is 6.42 Å². The highest BCUT2D eigenvalue weighted by Gasteiger charge is 2.30. The van der Waals surface area contributed by atoms with Gasteiger partial charge >= 0.3 is 0 Å². The first kappa shape index (κ1) is 11.6. The zero-order valence-electron chi connectivity index (χ0n) is 10.1. The fourth-order valence-corrected chi connectivity index (χ4v) is 3.40. The molecule has 3 rings (SSSR count). The van der Waals surface area contributed by atoms with E-state index < -0.39 is 0 Å². The van der Waals surface area contributed by atoms with Crippen LogP contribution in [0, 0.1) is 5.92 Å². The van der Waals surface area contributed by atoms with Gasteiger partial charge in [0, 0.05) is 29.6 Å². The first-order chi connectivity index (χ1) is 8.36. The average Bonchev–Trinajstić information content (AvgIpc) is 2.99. The van der Waals surface area contributed by atoms with Crippen LogP contribution >= 0.6 is 11.3 Å². The number of nitrogens with zero attached hydrogens (tertiary/aromatic N) is 1. The summed E-state index contributed by atoms with van der Waals surface area (Å²) in [5.74, 6) is 1.45. The normalized spacial score (nSPS) is 22.4. The molecule has 0 bridgehead atoms. The number of aliphatic hydroxyl groups is 1. The van der Waals surface area contributed by atoms with Crippen molar-refractivity contribution in [2.24, 2.45) is 5.92 Å². The average molecular weight is 252 g/mol. The summed E-state index contributed by atoms with van der Waals surface area (Å²) in [6, 6.07) is 0.296. The molecular weight excluding hydrogens is 232 g/mol. The smallest absolute Gasteiger partial charge is 0.0959 e. The van der Waals surface area contributed by atoms with E-state index in [1.807, 2.05) is 17.5 Å². The van der Waals surface area contributed by atoms with Crippen molar-refractivity contribution < 1.29 is 5.11 Å². The van der Waals surface area contributed by atoms with E-state index in [1.165, 1.54) is 42.0 Å². The molecule has 0 aliphatic heterocycles. The quantitative estimate of drug-likeness (QED) is 0.816. The Hall–Kier alpha value is -0.450. The second-order valence-corrected chi connectivity index (χ2v) is 6.45. The lowest BCUT2D eigenvalue weighted by atomic mass is 9.86. The summed E-state index contributed by atoms with van der Waals surface area (Å²) in [4.78, 5) is 5.83. The van der Waals surface area contributed by atoms with Crippen LogP contribution in [-0.4, -0.2) is 22.7 Å². The van der Waals surface area contributed by atoms with Gasteiger partial charge in [0.05, 0.1) is 11.6 Å². The molecule has 1 aromatic rings. The van der Waals surface area contributed by atoms with Gasteiger partial charge in [-0.2, -0.15) is 0 Å². The fraction of sp³-hybridized carbons (Fsp3) is 0.769. The van der Waals surface area contributed by atoms with Gasteiger partial charge in [0.1, 0.15) is 0 Å². The van der Waals surface area contributed by atoms with Crippen molar-refractivity contribution in [3.8, 4) is 0 Å². The first-order valence-electron chi connectivity index (χ1n) is 6.65. The lowest BCUT2D eigenvalue weighted by molar-refractivity contribution is 0.228. The summed E-state index contributed by atoms with van der Waals surface area (Å²) in [6.45, 7) is 1.13. The maximum atomic E-state index is 9.28. The molecule has 17 heavy (non-hydrogen) atoms. The highest BCUT2D eigenvalue weighted by molar-refractivity contribution is 7.11. The van der Waals surface area contributed by atoms with Crippen molar-refractivity contribution in [2.75, 3.05) is 6.61 Å². The van der Waals surface area contributed by atoms with Crippen LogP contribution < -0.4 is 5.32 Å². The molecule has 1 unspecified atom stereocenters. The number of thiazole rings is 1. The van der Waals surface area contributed by atoms with Crippen LogP contribution in [-0.2, 0) is 6.54 Å². The molecule has 0 amide bonds. The highest BCUT2D eigenvalue weighted by Crippen LogP contribution is 2.38. The van der Waals surface area contributed by atoms with Gasteiger partial charge in [-0.3, -0.25) is 0 Å². The van der Waals surface area contributed by atoms with Crippen molar-refractivity contribution >= 4 is 11.3 Å². The van der Waals surface area contributed by atoms with Gasteiger partial charge in [-0.05, 0) is 31.6 Å². The van der Waals surface area contributed by atoms with Crippen molar-refractivity contribution in [3.05, 3.63) is 16.1 Å². The van der Waals surface area contributed by atoms with E-state index in [-0.39, 0.29) is 6.61 Å². The van der Waals surface area contributed by atoms with E-state index >= 15 is 0 Å². The summed E-state index contributed by atoms with van der Waals surface area (Å²) in [5.41, 5.74) is 0. The zero-order chi connectivity index (χ0) is 11.7. The Morgan fingerprint density at radius 2 is 2.24 bits per heavy atom. The molecule has 2 aliphatic carbocycles. The van der Waals surface area contributed by atoms with Crippen LogP contribution in [0.1, 0.15) is 47.9 Å². The molecule has 0 saturated heterocycles. The minimum Gasteiger partial charge on any atom is -0.395 e. The van der Waals surface area contributed by atoms with E-state index in [1.54, 1.807) is 0 Å². The van der Waals surface area contributed by atoms with Gasteiger partial charge in [0.25, 0.3) is 0 Å². The molecule has 2 aliphatic rings. The van der Waals surface area contributed by atoms with Gasteiger partial charge in [0.15, 0.2) is 0 Å². The molecular formula is C13H20N2OS. The Morgan fingerprint density at radius 1 is 1.41 bits per heavy atom. The SMILES string of the molecule is OCC(NCc1cnc(C2CCC2)s1)C1CC1. The van der Waals surface area contributed by atoms with Crippen LogP contribution in [0.2, 0.25) is 0 Å². The summed E-state index contributed by atoms with van der Waals surface area (Å²) < 4.78 is 0. The summed E-state index contributed by atoms with van der Waals surface area (Å²) in [7, 11) is 0. The number of aromatic nitrogens is 1. The molecule has 0 radical (unpaired) electrons. The Bertz CT molecular complexity index is 371. The lowest BCUT2D eigenvalue weighted by Crippen LogP contribution is -2.33. The van der Waals surface area contributed by atoms with Crippen LogP contribution in [0.3, 0.4) is 0 Å². The Morgan fingerprint density at radius 3 is 2.82 bits per heavy atom. The standard InChI is InChI=1S/C13H20N2OS/c16-8-12(9-4-5-9)14-6-11-7-15-13(17-11)10-2-1-3-10/h7,9-10,12,14,16H,1-6,8H2. The second-order valence-electron chi connectivity index (χ2n) is 5.30. The molecule has 2 N–H and O–H groups in total. The summed E-state index contributed by atoms with van der Waals surface area (Å²) in [5, 5.41) is 14.1.